The molecule has 0 aromatic heterocycles. The summed E-state index contributed by atoms with van der Waals surface area (Å²) in [5, 5.41) is 2.97. The Morgan fingerprint density at radius 1 is 1.38 bits per heavy atom. The summed E-state index contributed by atoms with van der Waals surface area (Å²) in [5.41, 5.74) is 0.927. The fraction of sp³-hybridized carbons (Fsp3) is 0.562. The number of carbonyl (C=O) groups is 1. The van der Waals surface area contributed by atoms with Crippen LogP contribution in [0.4, 0.5) is 0 Å². The molecule has 0 aliphatic carbocycles. The third-order valence-corrected chi connectivity index (χ3v) is 3.89. The predicted octanol–water partition coefficient (Wildman–Crippen LogP) is 2.14. The van der Waals surface area contributed by atoms with Gasteiger partial charge in [0.1, 0.15) is 11.5 Å². The van der Waals surface area contributed by atoms with E-state index in [1.54, 1.807) is 14.2 Å². The lowest BCUT2D eigenvalue weighted by molar-refractivity contribution is -0.133. The minimum Gasteiger partial charge on any atom is -0.497 e. The highest BCUT2D eigenvalue weighted by Gasteiger charge is 2.28. The van der Waals surface area contributed by atoms with Crippen molar-refractivity contribution in [2.45, 2.75) is 32.4 Å². The SMILES string of the molecule is COc1ccc(CNC(=O)C2CCCOC2C)c(OC)c1. The third-order valence-electron chi connectivity index (χ3n) is 3.89. The molecular weight excluding hydrogens is 270 g/mol. The van der Waals surface area contributed by atoms with Gasteiger partial charge >= 0.3 is 0 Å². The van der Waals surface area contributed by atoms with Crippen LogP contribution in [-0.2, 0) is 16.1 Å². The van der Waals surface area contributed by atoms with E-state index in [-0.39, 0.29) is 17.9 Å². The summed E-state index contributed by atoms with van der Waals surface area (Å²) in [6, 6.07) is 5.57. The van der Waals surface area contributed by atoms with E-state index in [1.807, 2.05) is 25.1 Å². The predicted molar refractivity (Wildman–Crippen MR) is 79.5 cm³/mol. The molecule has 2 unspecified atom stereocenters. The Bertz CT molecular complexity index is 489. The lowest BCUT2D eigenvalue weighted by Gasteiger charge is -2.28. The van der Waals surface area contributed by atoms with Crippen LogP contribution in [0.15, 0.2) is 18.2 Å². The average Bonchev–Trinajstić information content (AvgIpc) is 2.52. The number of nitrogens with one attached hydrogen (secondary N) is 1. The molecule has 2 rings (SSSR count). The molecule has 1 aliphatic rings. The van der Waals surface area contributed by atoms with E-state index >= 15 is 0 Å². The summed E-state index contributed by atoms with van der Waals surface area (Å²) in [4.78, 5) is 12.2. The molecule has 1 aromatic rings. The van der Waals surface area contributed by atoms with Gasteiger partial charge in [0.2, 0.25) is 5.91 Å². The Balaban J connectivity index is 1.97. The first-order chi connectivity index (χ1) is 10.2. The van der Waals surface area contributed by atoms with Gasteiger partial charge in [-0.2, -0.15) is 0 Å². The Morgan fingerprint density at radius 3 is 2.86 bits per heavy atom. The highest BCUT2D eigenvalue weighted by molar-refractivity contribution is 5.79. The van der Waals surface area contributed by atoms with Crippen LogP contribution in [0.25, 0.3) is 0 Å². The first-order valence-corrected chi connectivity index (χ1v) is 7.26. The van der Waals surface area contributed by atoms with E-state index in [0.717, 1.165) is 30.8 Å². The summed E-state index contributed by atoms with van der Waals surface area (Å²) >= 11 is 0. The maximum atomic E-state index is 12.2. The summed E-state index contributed by atoms with van der Waals surface area (Å²) < 4.78 is 16.0. The largest absolute Gasteiger partial charge is 0.497 e. The van der Waals surface area contributed by atoms with Crippen LogP contribution in [0.1, 0.15) is 25.3 Å². The lowest BCUT2D eigenvalue weighted by atomic mass is 9.94. The van der Waals surface area contributed by atoms with Crippen molar-refractivity contribution >= 4 is 5.91 Å². The van der Waals surface area contributed by atoms with Crippen molar-refractivity contribution in [3.8, 4) is 11.5 Å². The maximum absolute atomic E-state index is 12.2. The van der Waals surface area contributed by atoms with Crippen molar-refractivity contribution in [1.29, 1.82) is 0 Å². The summed E-state index contributed by atoms with van der Waals surface area (Å²) in [6.45, 7) is 3.14. The van der Waals surface area contributed by atoms with E-state index in [2.05, 4.69) is 5.32 Å². The average molecular weight is 293 g/mol. The van der Waals surface area contributed by atoms with Gasteiger partial charge in [-0.15, -0.1) is 0 Å². The monoisotopic (exact) mass is 293 g/mol. The fourth-order valence-corrected chi connectivity index (χ4v) is 2.58. The van der Waals surface area contributed by atoms with Crippen LogP contribution in [0.5, 0.6) is 11.5 Å². The van der Waals surface area contributed by atoms with Crippen molar-refractivity contribution in [3.63, 3.8) is 0 Å². The zero-order valence-corrected chi connectivity index (χ0v) is 12.8. The minimum atomic E-state index is -0.0667. The van der Waals surface area contributed by atoms with Gasteiger partial charge in [-0.05, 0) is 31.9 Å². The molecule has 116 valence electrons. The number of carbonyl (C=O) groups excluding carboxylic acids is 1. The Labute approximate surface area is 125 Å². The Morgan fingerprint density at radius 2 is 2.19 bits per heavy atom. The molecule has 0 bridgehead atoms. The van der Waals surface area contributed by atoms with Gasteiger partial charge in [0, 0.05) is 24.8 Å². The molecule has 0 radical (unpaired) electrons. The molecule has 1 aliphatic heterocycles. The fourth-order valence-electron chi connectivity index (χ4n) is 2.58. The molecule has 1 heterocycles. The summed E-state index contributed by atoms with van der Waals surface area (Å²) in [7, 11) is 3.22. The molecule has 1 fully saturated rings. The smallest absolute Gasteiger partial charge is 0.225 e. The number of benzene rings is 1. The van der Waals surface area contributed by atoms with Gasteiger partial charge in [0.05, 0.1) is 26.2 Å². The third kappa shape index (κ3) is 3.88. The van der Waals surface area contributed by atoms with Gasteiger partial charge in [0.25, 0.3) is 0 Å². The van der Waals surface area contributed by atoms with Crippen molar-refractivity contribution in [2.75, 3.05) is 20.8 Å². The van der Waals surface area contributed by atoms with Crippen LogP contribution < -0.4 is 14.8 Å². The minimum absolute atomic E-state index is 0.0171. The van der Waals surface area contributed by atoms with Gasteiger partial charge in [-0.3, -0.25) is 4.79 Å². The second-order valence-electron chi connectivity index (χ2n) is 5.22. The molecule has 21 heavy (non-hydrogen) atoms. The number of methoxy groups -OCH3 is 2. The van der Waals surface area contributed by atoms with E-state index in [9.17, 15) is 4.79 Å². The van der Waals surface area contributed by atoms with Crippen molar-refractivity contribution in [3.05, 3.63) is 23.8 Å². The molecule has 5 nitrogen and oxygen atoms in total. The number of hydrogen-bond acceptors (Lipinski definition) is 4. The van der Waals surface area contributed by atoms with Crippen molar-refractivity contribution in [1.82, 2.24) is 5.32 Å². The zero-order valence-electron chi connectivity index (χ0n) is 12.8. The second kappa shape index (κ2) is 7.31. The number of ether oxygens (including phenoxy) is 3. The Kier molecular flexibility index (Phi) is 5.44. The van der Waals surface area contributed by atoms with Crippen molar-refractivity contribution < 1.29 is 19.0 Å². The molecular formula is C16H23NO4. The first-order valence-electron chi connectivity index (χ1n) is 7.26. The molecule has 0 spiro atoms. The zero-order chi connectivity index (χ0) is 15.2. The molecule has 1 N–H and O–H groups in total. The van der Waals surface area contributed by atoms with Crippen LogP contribution >= 0.6 is 0 Å². The van der Waals surface area contributed by atoms with Crippen LogP contribution in [-0.4, -0.2) is 32.8 Å². The van der Waals surface area contributed by atoms with Gasteiger partial charge in [-0.25, -0.2) is 0 Å². The van der Waals surface area contributed by atoms with Gasteiger partial charge in [0.15, 0.2) is 0 Å². The second-order valence-corrected chi connectivity index (χ2v) is 5.22. The molecule has 0 saturated carbocycles. The summed E-state index contributed by atoms with van der Waals surface area (Å²) in [6.07, 6.45) is 1.80. The molecule has 2 atom stereocenters. The molecule has 1 aromatic carbocycles. The molecule has 1 saturated heterocycles. The molecule has 5 heteroatoms. The van der Waals surface area contributed by atoms with Crippen LogP contribution in [0.3, 0.4) is 0 Å². The maximum Gasteiger partial charge on any atom is 0.225 e. The summed E-state index contributed by atoms with van der Waals surface area (Å²) in [5.74, 6) is 1.42. The standard InChI is InChI=1S/C16H23NO4/c1-11-14(5-4-8-21-11)16(18)17-10-12-6-7-13(19-2)9-15(12)20-3/h6-7,9,11,14H,4-5,8,10H2,1-3H3,(H,17,18). The van der Waals surface area contributed by atoms with E-state index in [1.165, 1.54) is 0 Å². The van der Waals surface area contributed by atoms with Gasteiger partial charge in [-0.1, -0.05) is 0 Å². The van der Waals surface area contributed by atoms with Gasteiger partial charge < -0.3 is 19.5 Å². The highest BCUT2D eigenvalue weighted by atomic mass is 16.5. The molecule has 1 amide bonds. The van der Waals surface area contributed by atoms with Crippen LogP contribution in [0, 0.1) is 5.92 Å². The number of amides is 1. The van der Waals surface area contributed by atoms with Crippen LogP contribution in [0.2, 0.25) is 0 Å². The van der Waals surface area contributed by atoms with E-state index in [4.69, 9.17) is 14.2 Å². The Hall–Kier alpha value is -1.75. The number of hydrogen-bond donors (Lipinski definition) is 1. The lowest BCUT2D eigenvalue weighted by Crippen LogP contribution is -2.39. The highest BCUT2D eigenvalue weighted by Crippen LogP contribution is 2.25. The van der Waals surface area contributed by atoms with Crippen molar-refractivity contribution in [2.24, 2.45) is 5.92 Å². The quantitative estimate of drug-likeness (QED) is 0.903. The first kappa shape index (κ1) is 15.6. The van der Waals surface area contributed by atoms with E-state index in [0.29, 0.717) is 12.3 Å². The topological polar surface area (TPSA) is 56.8 Å². The normalized spacial score (nSPS) is 21.7. The van der Waals surface area contributed by atoms with E-state index < -0.39 is 0 Å². The number of rotatable bonds is 5.